The van der Waals surface area contributed by atoms with Crippen LogP contribution >= 0.6 is 0 Å². The quantitative estimate of drug-likeness (QED) is 0.804. The van der Waals surface area contributed by atoms with E-state index in [0.29, 0.717) is 5.41 Å². The van der Waals surface area contributed by atoms with Crippen LogP contribution in [0.25, 0.3) is 0 Å². The van der Waals surface area contributed by atoms with Gasteiger partial charge in [-0.25, -0.2) is 0 Å². The average Bonchev–Trinajstić information content (AvgIpc) is 2.38. The number of hydrogen-bond acceptors (Lipinski definition) is 1. The van der Waals surface area contributed by atoms with Gasteiger partial charge in [0.15, 0.2) is 0 Å². The van der Waals surface area contributed by atoms with Gasteiger partial charge in [-0.1, -0.05) is 52.0 Å². The minimum atomic E-state index is -0.201. The lowest BCUT2D eigenvalue weighted by Crippen LogP contribution is -2.32. The highest BCUT2D eigenvalue weighted by molar-refractivity contribution is 5.31. The van der Waals surface area contributed by atoms with Gasteiger partial charge in [-0.3, -0.25) is 0 Å². The summed E-state index contributed by atoms with van der Waals surface area (Å²) in [5.74, 6) is 0. The molecule has 1 heteroatoms. The molecule has 0 fully saturated rings. The van der Waals surface area contributed by atoms with Crippen LogP contribution in [-0.2, 0) is 11.0 Å². The van der Waals surface area contributed by atoms with E-state index in [1.165, 1.54) is 24.0 Å². The van der Waals surface area contributed by atoms with Gasteiger partial charge in [0.05, 0.1) is 0 Å². The molecule has 1 aromatic rings. The minimum absolute atomic E-state index is 0.201. The van der Waals surface area contributed by atoms with E-state index in [2.05, 4.69) is 58.9 Å². The van der Waals surface area contributed by atoms with Crippen LogP contribution in [0.3, 0.4) is 0 Å². The molecule has 0 spiro atoms. The van der Waals surface area contributed by atoms with Gasteiger partial charge in [0.2, 0.25) is 0 Å². The van der Waals surface area contributed by atoms with E-state index in [-0.39, 0.29) is 5.54 Å². The topological polar surface area (TPSA) is 26.0 Å². The van der Waals surface area contributed by atoms with Crippen LogP contribution in [0.5, 0.6) is 0 Å². The summed E-state index contributed by atoms with van der Waals surface area (Å²) < 4.78 is 0. The van der Waals surface area contributed by atoms with Gasteiger partial charge in [0, 0.05) is 5.54 Å². The molecule has 0 saturated heterocycles. The van der Waals surface area contributed by atoms with Gasteiger partial charge in [-0.05, 0) is 42.7 Å². The van der Waals surface area contributed by atoms with Gasteiger partial charge < -0.3 is 5.73 Å². The zero-order valence-electron chi connectivity index (χ0n) is 12.0. The van der Waals surface area contributed by atoms with Crippen LogP contribution in [0.15, 0.2) is 24.3 Å². The molecule has 17 heavy (non-hydrogen) atoms. The molecule has 0 heterocycles. The lowest BCUT2D eigenvalue weighted by Gasteiger charge is -2.29. The molecule has 0 bridgehead atoms. The summed E-state index contributed by atoms with van der Waals surface area (Å²) in [5.41, 5.74) is 9.03. The van der Waals surface area contributed by atoms with Crippen molar-refractivity contribution in [1.29, 1.82) is 0 Å². The average molecular weight is 233 g/mol. The standard InChI is InChI=1S/C16H27N/c1-6-15(4,7-2)13-9-11-14(12-10-13)16(5,17)8-3/h9-12H,6-8,17H2,1-5H3. The Labute approximate surface area is 106 Å². The van der Waals surface area contributed by atoms with Crippen molar-refractivity contribution in [2.75, 3.05) is 0 Å². The fraction of sp³-hybridized carbons (Fsp3) is 0.625. The summed E-state index contributed by atoms with van der Waals surface area (Å²) in [6.45, 7) is 11.1. The lowest BCUT2D eigenvalue weighted by atomic mass is 9.77. The lowest BCUT2D eigenvalue weighted by molar-refractivity contribution is 0.437. The van der Waals surface area contributed by atoms with Crippen molar-refractivity contribution in [3.8, 4) is 0 Å². The Bertz CT molecular complexity index is 344. The SMILES string of the molecule is CCC(C)(N)c1ccc(C(C)(CC)CC)cc1. The molecular weight excluding hydrogens is 206 g/mol. The predicted octanol–water partition coefficient (Wildman–Crippen LogP) is 4.35. The van der Waals surface area contributed by atoms with Crippen molar-refractivity contribution in [2.45, 2.75) is 64.8 Å². The second kappa shape index (κ2) is 5.22. The molecule has 1 unspecified atom stereocenters. The summed E-state index contributed by atoms with van der Waals surface area (Å²) in [4.78, 5) is 0. The smallest absolute Gasteiger partial charge is 0.0378 e. The van der Waals surface area contributed by atoms with Gasteiger partial charge in [0.1, 0.15) is 0 Å². The molecule has 1 atom stereocenters. The van der Waals surface area contributed by atoms with Crippen molar-refractivity contribution in [1.82, 2.24) is 0 Å². The van der Waals surface area contributed by atoms with E-state index in [4.69, 9.17) is 5.73 Å². The maximum atomic E-state index is 6.26. The summed E-state index contributed by atoms with van der Waals surface area (Å²) in [6, 6.07) is 8.90. The van der Waals surface area contributed by atoms with Crippen LogP contribution in [0.2, 0.25) is 0 Å². The number of benzene rings is 1. The van der Waals surface area contributed by atoms with Crippen LogP contribution in [0.1, 0.15) is 65.0 Å². The molecule has 2 N–H and O–H groups in total. The van der Waals surface area contributed by atoms with Crippen molar-refractivity contribution in [3.63, 3.8) is 0 Å². The number of hydrogen-bond donors (Lipinski definition) is 1. The first-order chi connectivity index (χ1) is 7.89. The summed E-state index contributed by atoms with van der Waals surface area (Å²) in [6.07, 6.45) is 3.32. The summed E-state index contributed by atoms with van der Waals surface area (Å²) in [7, 11) is 0. The van der Waals surface area contributed by atoms with E-state index in [9.17, 15) is 0 Å². The van der Waals surface area contributed by atoms with Gasteiger partial charge >= 0.3 is 0 Å². The molecule has 0 aliphatic heterocycles. The van der Waals surface area contributed by atoms with E-state index in [1.54, 1.807) is 0 Å². The normalized spacial score (nSPS) is 15.6. The first-order valence-electron chi connectivity index (χ1n) is 6.79. The Kier molecular flexibility index (Phi) is 4.37. The van der Waals surface area contributed by atoms with Crippen LogP contribution < -0.4 is 5.73 Å². The third kappa shape index (κ3) is 2.90. The van der Waals surface area contributed by atoms with Gasteiger partial charge in [0.25, 0.3) is 0 Å². The fourth-order valence-corrected chi connectivity index (χ4v) is 2.12. The van der Waals surface area contributed by atoms with Crippen LogP contribution in [0, 0.1) is 0 Å². The van der Waals surface area contributed by atoms with Crippen molar-refractivity contribution in [2.24, 2.45) is 5.73 Å². The minimum Gasteiger partial charge on any atom is -0.322 e. The molecular formula is C16H27N. The van der Waals surface area contributed by atoms with Gasteiger partial charge in [-0.2, -0.15) is 0 Å². The summed E-state index contributed by atoms with van der Waals surface area (Å²) in [5, 5.41) is 0. The first kappa shape index (κ1) is 14.2. The van der Waals surface area contributed by atoms with Crippen molar-refractivity contribution in [3.05, 3.63) is 35.4 Å². The molecule has 96 valence electrons. The first-order valence-corrected chi connectivity index (χ1v) is 6.79. The molecule has 1 aromatic carbocycles. The molecule has 0 saturated carbocycles. The van der Waals surface area contributed by atoms with E-state index in [0.717, 1.165) is 6.42 Å². The highest BCUT2D eigenvalue weighted by Gasteiger charge is 2.23. The highest BCUT2D eigenvalue weighted by Crippen LogP contribution is 2.32. The van der Waals surface area contributed by atoms with Gasteiger partial charge in [-0.15, -0.1) is 0 Å². The molecule has 0 amide bonds. The number of rotatable bonds is 5. The highest BCUT2D eigenvalue weighted by atomic mass is 14.7. The molecule has 0 radical (unpaired) electrons. The van der Waals surface area contributed by atoms with Crippen LogP contribution in [0.4, 0.5) is 0 Å². The van der Waals surface area contributed by atoms with Crippen molar-refractivity contribution < 1.29 is 0 Å². The second-order valence-electron chi connectivity index (χ2n) is 5.62. The largest absolute Gasteiger partial charge is 0.322 e. The molecule has 0 aliphatic rings. The maximum Gasteiger partial charge on any atom is 0.0378 e. The van der Waals surface area contributed by atoms with E-state index in [1.807, 2.05) is 0 Å². The Hall–Kier alpha value is -0.820. The zero-order valence-corrected chi connectivity index (χ0v) is 12.0. The van der Waals surface area contributed by atoms with E-state index >= 15 is 0 Å². The fourth-order valence-electron chi connectivity index (χ4n) is 2.12. The van der Waals surface area contributed by atoms with Crippen LogP contribution in [-0.4, -0.2) is 0 Å². The number of nitrogens with two attached hydrogens (primary N) is 1. The molecule has 0 aromatic heterocycles. The zero-order chi connectivity index (χ0) is 13.1. The molecule has 0 aliphatic carbocycles. The Morgan fingerprint density at radius 3 is 1.59 bits per heavy atom. The molecule has 1 rings (SSSR count). The Balaban J connectivity index is 3.03. The predicted molar refractivity (Wildman–Crippen MR) is 76.2 cm³/mol. The van der Waals surface area contributed by atoms with E-state index < -0.39 is 0 Å². The Morgan fingerprint density at radius 1 is 0.824 bits per heavy atom. The summed E-state index contributed by atoms with van der Waals surface area (Å²) >= 11 is 0. The monoisotopic (exact) mass is 233 g/mol. The third-order valence-corrected chi connectivity index (χ3v) is 4.54. The maximum absolute atomic E-state index is 6.26. The second-order valence-corrected chi connectivity index (χ2v) is 5.62. The Morgan fingerprint density at radius 2 is 1.24 bits per heavy atom. The molecule has 1 nitrogen and oxygen atoms in total. The third-order valence-electron chi connectivity index (χ3n) is 4.54. The van der Waals surface area contributed by atoms with Crippen molar-refractivity contribution >= 4 is 0 Å².